The molecule has 0 unspecified atom stereocenters. The van der Waals surface area contributed by atoms with Gasteiger partial charge in [-0.05, 0) is 49.8 Å². The third-order valence-corrected chi connectivity index (χ3v) is 4.42. The van der Waals surface area contributed by atoms with Crippen molar-refractivity contribution in [1.29, 1.82) is 0 Å². The van der Waals surface area contributed by atoms with E-state index < -0.39 is 0 Å². The van der Waals surface area contributed by atoms with E-state index in [1.54, 1.807) is 0 Å². The highest BCUT2D eigenvalue weighted by atomic mass is 32.1. The SMILES string of the molecule is CC(C)n1ccc([C@H]2[C@@H](c3ccccn3)NC(=S)N2C)c1. The molecule has 0 aliphatic carbocycles. The molecule has 0 amide bonds. The van der Waals surface area contributed by atoms with Crippen molar-refractivity contribution in [2.24, 2.45) is 0 Å². The Morgan fingerprint density at radius 2 is 2.10 bits per heavy atom. The molecule has 5 heteroatoms. The number of pyridine rings is 1. The van der Waals surface area contributed by atoms with Gasteiger partial charge in [-0.2, -0.15) is 0 Å². The molecule has 0 bridgehead atoms. The first-order chi connectivity index (χ1) is 10.1. The molecule has 3 rings (SSSR count). The summed E-state index contributed by atoms with van der Waals surface area (Å²) in [5, 5.41) is 4.16. The monoisotopic (exact) mass is 300 g/mol. The van der Waals surface area contributed by atoms with Crippen LogP contribution in [0.2, 0.25) is 0 Å². The van der Waals surface area contributed by atoms with E-state index in [0.29, 0.717) is 6.04 Å². The van der Waals surface area contributed by atoms with Crippen LogP contribution in [0.3, 0.4) is 0 Å². The van der Waals surface area contributed by atoms with Crippen molar-refractivity contribution in [3.8, 4) is 0 Å². The number of aromatic nitrogens is 2. The first kappa shape index (κ1) is 14.1. The zero-order valence-electron chi connectivity index (χ0n) is 12.5. The Morgan fingerprint density at radius 1 is 1.29 bits per heavy atom. The Hall–Kier alpha value is -1.88. The van der Waals surface area contributed by atoms with Crippen LogP contribution < -0.4 is 5.32 Å². The summed E-state index contributed by atoms with van der Waals surface area (Å²) in [7, 11) is 2.04. The number of hydrogen-bond acceptors (Lipinski definition) is 2. The van der Waals surface area contributed by atoms with Crippen LogP contribution in [-0.4, -0.2) is 26.6 Å². The number of rotatable bonds is 3. The van der Waals surface area contributed by atoms with Gasteiger partial charge in [-0.1, -0.05) is 6.07 Å². The largest absolute Gasteiger partial charge is 0.352 e. The maximum absolute atomic E-state index is 5.43. The fourth-order valence-corrected chi connectivity index (χ4v) is 3.04. The van der Waals surface area contributed by atoms with Gasteiger partial charge in [-0.15, -0.1) is 0 Å². The van der Waals surface area contributed by atoms with Gasteiger partial charge in [0.2, 0.25) is 0 Å². The molecule has 0 saturated carbocycles. The Morgan fingerprint density at radius 3 is 2.71 bits per heavy atom. The maximum Gasteiger partial charge on any atom is 0.169 e. The van der Waals surface area contributed by atoms with Gasteiger partial charge >= 0.3 is 0 Å². The summed E-state index contributed by atoms with van der Waals surface area (Å²) in [5.41, 5.74) is 2.28. The molecule has 0 spiro atoms. The van der Waals surface area contributed by atoms with E-state index in [2.05, 4.69) is 52.1 Å². The summed E-state index contributed by atoms with van der Waals surface area (Å²) in [4.78, 5) is 6.61. The van der Waals surface area contributed by atoms with Gasteiger partial charge in [0.05, 0.1) is 17.8 Å². The molecule has 1 aliphatic heterocycles. The van der Waals surface area contributed by atoms with E-state index in [9.17, 15) is 0 Å². The van der Waals surface area contributed by atoms with E-state index in [4.69, 9.17) is 12.2 Å². The van der Waals surface area contributed by atoms with Crippen LogP contribution in [0.15, 0.2) is 42.9 Å². The molecule has 1 fully saturated rings. The lowest BCUT2D eigenvalue weighted by Crippen LogP contribution is -2.24. The zero-order valence-corrected chi connectivity index (χ0v) is 13.3. The number of likely N-dealkylation sites (N-methyl/N-ethyl adjacent to an activating group) is 1. The van der Waals surface area contributed by atoms with Crippen LogP contribution in [-0.2, 0) is 0 Å². The Kier molecular flexibility index (Phi) is 3.68. The minimum atomic E-state index is 0.0895. The lowest BCUT2D eigenvalue weighted by molar-refractivity contribution is 0.368. The van der Waals surface area contributed by atoms with Gasteiger partial charge in [0.15, 0.2) is 5.11 Å². The Balaban J connectivity index is 1.98. The van der Waals surface area contributed by atoms with Gasteiger partial charge in [-0.3, -0.25) is 4.98 Å². The molecule has 3 heterocycles. The smallest absolute Gasteiger partial charge is 0.169 e. The summed E-state index contributed by atoms with van der Waals surface area (Å²) in [6, 6.07) is 8.89. The molecule has 0 radical (unpaired) electrons. The van der Waals surface area contributed by atoms with Crippen LogP contribution in [0.25, 0.3) is 0 Å². The minimum absolute atomic E-state index is 0.0895. The highest BCUT2D eigenvalue weighted by molar-refractivity contribution is 7.80. The van der Waals surface area contributed by atoms with Gasteiger partial charge in [0.25, 0.3) is 0 Å². The van der Waals surface area contributed by atoms with Crippen LogP contribution >= 0.6 is 12.2 Å². The molecule has 2 aromatic rings. The van der Waals surface area contributed by atoms with E-state index in [1.165, 1.54) is 5.56 Å². The second-order valence-corrected chi connectivity index (χ2v) is 6.11. The summed E-state index contributed by atoms with van der Waals surface area (Å²) in [6.07, 6.45) is 6.16. The second-order valence-electron chi connectivity index (χ2n) is 5.72. The lowest BCUT2D eigenvalue weighted by Gasteiger charge is -2.23. The van der Waals surface area contributed by atoms with Crippen LogP contribution in [0.4, 0.5) is 0 Å². The molecule has 0 aromatic carbocycles. The first-order valence-corrected chi connectivity index (χ1v) is 7.60. The van der Waals surface area contributed by atoms with Crippen molar-refractivity contribution in [2.45, 2.75) is 32.0 Å². The van der Waals surface area contributed by atoms with Crippen molar-refractivity contribution in [1.82, 2.24) is 19.8 Å². The normalized spacial score (nSPS) is 21.9. The Labute approximate surface area is 130 Å². The van der Waals surface area contributed by atoms with Crippen LogP contribution in [0, 0.1) is 0 Å². The highest BCUT2D eigenvalue weighted by Crippen LogP contribution is 2.37. The van der Waals surface area contributed by atoms with Crippen molar-refractivity contribution in [3.63, 3.8) is 0 Å². The standard InChI is InChI=1S/C16H20N4S/c1-11(2)20-9-7-12(10-20)15-14(18-16(21)19(15)3)13-6-4-5-8-17-13/h4-11,14-15H,1-3H3,(H,18,21)/t14-,15+/m1/s1. The van der Waals surface area contributed by atoms with E-state index in [1.807, 2.05) is 31.4 Å². The average molecular weight is 300 g/mol. The summed E-state index contributed by atoms with van der Waals surface area (Å²) in [5.74, 6) is 0. The first-order valence-electron chi connectivity index (χ1n) is 7.19. The quantitative estimate of drug-likeness (QED) is 0.883. The molecule has 2 atom stereocenters. The van der Waals surface area contributed by atoms with Crippen molar-refractivity contribution < 1.29 is 0 Å². The molecular formula is C16H20N4S. The van der Waals surface area contributed by atoms with Crippen molar-refractivity contribution in [3.05, 3.63) is 54.1 Å². The number of thiocarbonyl (C=S) groups is 1. The molecule has 2 aromatic heterocycles. The molecule has 21 heavy (non-hydrogen) atoms. The number of nitrogens with one attached hydrogen (secondary N) is 1. The molecule has 1 N–H and O–H groups in total. The van der Waals surface area contributed by atoms with Gasteiger partial charge < -0.3 is 14.8 Å². The molecule has 4 nitrogen and oxygen atoms in total. The van der Waals surface area contributed by atoms with E-state index >= 15 is 0 Å². The summed E-state index contributed by atoms with van der Waals surface area (Å²) < 4.78 is 2.22. The summed E-state index contributed by atoms with van der Waals surface area (Å²) in [6.45, 7) is 4.36. The molecule has 1 aliphatic rings. The summed E-state index contributed by atoms with van der Waals surface area (Å²) >= 11 is 5.43. The number of nitrogens with zero attached hydrogens (tertiary/aromatic N) is 3. The second kappa shape index (κ2) is 5.48. The Bertz CT molecular complexity index is 635. The predicted octanol–water partition coefficient (Wildman–Crippen LogP) is 3.07. The minimum Gasteiger partial charge on any atom is -0.352 e. The van der Waals surface area contributed by atoms with Gasteiger partial charge in [0.1, 0.15) is 0 Å². The third-order valence-electron chi connectivity index (χ3n) is 4.01. The molecule has 1 saturated heterocycles. The van der Waals surface area contributed by atoms with E-state index in [-0.39, 0.29) is 12.1 Å². The maximum atomic E-state index is 5.43. The topological polar surface area (TPSA) is 33.1 Å². The highest BCUT2D eigenvalue weighted by Gasteiger charge is 2.37. The van der Waals surface area contributed by atoms with Crippen molar-refractivity contribution in [2.75, 3.05) is 7.05 Å². The molecular weight excluding hydrogens is 280 g/mol. The van der Waals surface area contributed by atoms with Gasteiger partial charge in [0, 0.05) is 31.7 Å². The average Bonchev–Trinajstić information content (AvgIpc) is 3.06. The number of hydrogen-bond donors (Lipinski definition) is 1. The van der Waals surface area contributed by atoms with E-state index in [0.717, 1.165) is 10.8 Å². The lowest BCUT2D eigenvalue weighted by atomic mass is 9.99. The fraction of sp³-hybridized carbons (Fsp3) is 0.375. The third kappa shape index (κ3) is 2.53. The fourth-order valence-electron chi connectivity index (χ4n) is 2.80. The molecule has 110 valence electrons. The van der Waals surface area contributed by atoms with Gasteiger partial charge in [-0.25, -0.2) is 0 Å². The predicted molar refractivity (Wildman–Crippen MR) is 88.0 cm³/mol. The van der Waals surface area contributed by atoms with Crippen LogP contribution in [0.5, 0.6) is 0 Å². The zero-order chi connectivity index (χ0) is 15.0. The van der Waals surface area contributed by atoms with Crippen molar-refractivity contribution >= 4 is 17.3 Å². The van der Waals surface area contributed by atoms with Crippen LogP contribution in [0.1, 0.15) is 43.2 Å².